The lowest BCUT2D eigenvalue weighted by Gasteiger charge is -2.07. The minimum Gasteiger partial charge on any atom is -0.392 e. The summed E-state index contributed by atoms with van der Waals surface area (Å²) < 4.78 is 6.93. The lowest BCUT2D eigenvalue weighted by molar-refractivity contribution is 0.148. The third-order valence-corrected chi connectivity index (χ3v) is 4.30. The van der Waals surface area contributed by atoms with Crippen molar-refractivity contribution < 1.29 is 9.63 Å². The molecule has 1 aliphatic carbocycles. The van der Waals surface area contributed by atoms with Gasteiger partial charge >= 0.3 is 0 Å². The number of aromatic nitrogens is 3. The molecule has 2 unspecified atom stereocenters. The molecular formula is C12H11Br2N3O2. The Labute approximate surface area is 126 Å². The number of halogens is 2. The van der Waals surface area contributed by atoms with E-state index in [1.54, 1.807) is 6.20 Å². The van der Waals surface area contributed by atoms with Gasteiger partial charge in [-0.3, -0.25) is 4.98 Å². The van der Waals surface area contributed by atoms with E-state index in [4.69, 9.17) is 4.52 Å². The maximum atomic E-state index is 9.85. The van der Waals surface area contributed by atoms with Gasteiger partial charge in [-0.2, -0.15) is 4.98 Å². The van der Waals surface area contributed by atoms with Crippen molar-refractivity contribution in [3.63, 3.8) is 0 Å². The van der Waals surface area contributed by atoms with Gasteiger partial charge in [0.15, 0.2) is 0 Å². The smallest absolute Gasteiger partial charge is 0.232 e. The van der Waals surface area contributed by atoms with Crippen LogP contribution in [-0.4, -0.2) is 26.3 Å². The molecule has 0 saturated heterocycles. The summed E-state index contributed by atoms with van der Waals surface area (Å²) in [5.74, 6) is 0.889. The molecule has 2 heterocycles. The minimum absolute atomic E-state index is 0.0459. The number of aliphatic hydroxyl groups is 1. The summed E-state index contributed by atoms with van der Waals surface area (Å²) in [7, 11) is 0. The monoisotopic (exact) mass is 387 g/mol. The van der Waals surface area contributed by atoms with Crippen molar-refractivity contribution in [2.24, 2.45) is 0 Å². The zero-order valence-corrected chi connectivity index (χ0v) is 13.1. The fourth-order valence-electron chi connectivity index (χ4n) is 2.29. The van der Waals surface area contributed by atoms with E-state index in [1.807, 2.05) is 6.07 Å². The van der Waals surface area contributed by atoms with Gasteiger partial charge in [0, 0.05) is 15.1 Å². The first kappa shape index (κ1) is 13.2. The van der Waals surface area contributed by atoms with Gasteiger partial charge < -0.3 is 9.63 Å². The largest absolute Gasteiger partial charge is 0.392 e. The Balaban J connectivity index is 1.92. The molecule has 1 N–H and O–H groups in total. The Morgan fingerprint density at radius 1 is 1.32 bits per heavy atom. The molecule has 2 aromatic heterocycles. The van der Waals surface area contributed by atoms with Crippen molar-refractivity contribution >= 4 is 31.9 Å². The van der Waals surface area contributed by atoms with Crippen LogP contribution in [0.5, 0.6) is 0 Å². The number of hydrogen-bond donors (Lipinski definition) is 1. The first-order valence-corrected chi connectivity index (χ1v) is 7.57. The van der Waals surface area contributed by atoms with Crippen LogP contribution in [0.3, 0.4) is 0 Å². The van der Waals surface area contributed by atoms with Crippen LogP contribution >= 0.6 is 31.9 Å². The van der Waals surface area contributed by atoms with Crippen LogP contribution in [0, 0.1) is 0 Å². The molecule has 7 heteroatoms. The molecule has 100 valence electrons. The highest BCUT2D eigenvalue weighted by atomic mass is 79.9. The second kappa shape index (κ2) is 5.30. The highest BCUT2D eigenvalue weighted by Gasteiger charge is 2.31. The number of rotatable bonds is 2. The second-order valence-electron chi connectivity index (χ2n) is 4.54. The lowest BCUT2D eigenvalue weighted by Crippen LogP contribution is -2.11. The van der Waals surface area contributed by atoms with Gasteiger partial charge in [-0.1, -0.05) is 5.16 Å². The molecule has 2 aromatic rings. The van der Waals surface area contributed by atoms with Crippen LogP contribution in [0.25, 0.3) is 11.5 Å². The van der Waals surface area contributed by atoms with Crippen LogP contribution in [0.2, 0.25) is 0 Å². The number of aliphatic hydroxyl groups excluding tert-OH is 1. The Bertz CT molecular complexity index is 602. The summed E-state index contributed by atoms with van der Waals surface area (Å²) in [6, 6.07) is 1.88. The molecule has 0 bridgehead atoms. The molecule has 3 rings (SSSR count). The maximum absolute atomic E-state index is 9.85. The maximum Gasteiger partial charge on any atom is 0.232 e. The van der Waals surface area contributed by atoms with Gasteiger partial charge in [-0.05, 0) is 57.2 Å². The molecule has 2 atom stereocenters. The summed E-state index contributed by atoms with van der Waals surface area (Å²) in [4.78, 5) is 8.62. The lowest BCUT2D eigenvalue weighted by atomic mass is 10.1. The summed E-state index contributed by atoms with van der Waals surface area (Å²) in [6.07, 6.45) is 3.97. The van der Waals surface area contributed by atoms with Crippen molar-refractivity contribution in [2.75, 3.05) is 0 Å². The molecule has 19 heavy (non-hydrogen) atoms. The molecule has 0 aliphatic heterocycles. The van der Waals surface area contributed by atoms with E-state index in [1.165, 1.54) is 0 Å². The Morgan fingerprint density at radius 3 is 2.84 bits per heavy atom. The SMILES string of the molecule is OC1CCCC1c1nc(-c2ncc(Br)cc2Br)no1. The molecule has 1 fully saturated rings. The van der Waals surface area contributed by atoms with E-state index in [0.717, 1.165) is 28.2 Å². The van der Waals surface area contributed by atoms with Gasteiger partial charge in [0.05, 0.1) is 12.0 Å². The zero-order chi connectivity index (χ0) is 13.4. The predicted octanol–water partition coefficient (Wildman–Crippen LogP) is 3.29. The summed E-state index contributed by atoms with van der Waals surface area (Å²) in [6.45, 7) is 0. The van der Waals surface area contributed by atoms with E-state index in [9.17, 15) is 5.11 Å². The van der Waals surface area contributed by atoms with Crippen LogP contribution < -0.4 is 0 Å². The van der Waals surface area contributed by atoms with Crippen molar-refractivity contribution in [3.05, 3.63) is 27.1 Å². The number of nitrogens with zero attached hydrogens (tertiary/aromatic N) is 3. The van der Waals surface area contributed by atoms with Crippen molar-refractivity contribution in [1.29, 1.82) is 0 Å². The average molecular weight is 389 g/mol. The summed E-state index contributed by atoms with van der Waals surface area (Å²) in [5, 5.41) is 13.8. The molecule has 0 amide bonds. The van der Waals surface area contributed by atoms with Crippen LogP contribution in [-0.2, 0) is 0 Å². The fourth-order valence-corrected chi connectivity index (χ4v) is 3.45. The van der Waals surface area contributed by atoms with E-state index < -0.39 is 0 Å². The van der Waals surface area contributed by atoms with Crippen molar-refractivity contribution in [1.82, 2.24) is 15.1 Å². The highest BCUT2D eigenvalue weighted by molar-refractivity contribution is 9.11. The third kappa shape index (κ3) is 2.59. The van der Waals surface area contributed by atoms with Crippen LogP contribution in [0.15, 0.2) is 25.7 Å². The Kier molecular flexibility index (Phi) is 3.68. The highest BCUT2D eigenvalue weighted by Crippen LogP contribution is 2.35. The molecule has 0 aromatic carbocycles. The number of hydrogen-bond acceptors (Lipinski definition) is 5. The first-order valence-electron chi connectivity index (χ1n) is 5.98. The molecule has 0 radical (unpaired) electrons. The molecule has 1 saturated carbocycles. The van der Waals surface area contributed by atoms with Crippen LogP contribution in [0.4, 0.5) is 0 Å². The number of pyridine rings is 1. The standard InChI is InChI=1S/C12H11Br2N3O2/c13-6-4-8(14)10(15-5-6)11-16-12(19-17-11)7-2-1-3-9(7)18/h4-5,7,9,18H,1-3H2. The Hall–Kier alpha value is -0.790. The van der Waals surface area contributed by atoms with E-state index in [-0.39, 0.29) is 12.0 Å². The summed E-state index contributed by atoms with van der Waals surface area (Å²) >= 11 is 6.77. The van der Waals surface area contributed by atoms with E-state index in [2.05, 4.69) is 47.0 Å². The molecule has 1 aliphatic rings. The Morgan fingerprint density at radius 2 is 2.16 bits per heavy atom. The fraction of sp³-hybridized carbons (Fsp3) is 0.417. The van der Waals surface area contributed by atoms with Gasteiger partial charge in [-0.15, -0.1) is 0 Å². The van der Waals surface area contributed by atoms with Crippen molar-refractivity contribution in [2.45, 2.75) is 31.3 Å². The van der Waals surface area contributed by atoms with Gasteiger partial charge in [-0.25, -0.2) is 0 Å². The topological polar surface area (TPSA) is 72.0 Å². The normalized spacial score (nSPS) is 22.9. The zero-order valence-electron chi connectivity index (χ0n) is 9.88. The van der Waals surface area contributed by atoms with Gasteiger partial charge in [0.25, 0.3) is 0 Å². The van der Waals surface area contributed by atoms with Crippen LogP contribution in [0.1, 0.15) is 31.1 Å². The second-order valence-corrected chi connectivity index (χ2v) is 6.31. The molecule has 0 spiro atoms. The van der Waals surface area contributed by atoms with E-state index >= 15 is 0 Å². The quantitative estimate of drug-likeness (QED) is 0.854. The molecular weight excluding hydrogens is 378 g/mol. The first-order chi connectivity index (χ1) is 9.15. The predicted molar refractivity (Wildman–Crippen MR) is 75.5 cm³/mol. The minimum atomic E-state index is -0.380. The van der Waals surface area contributed by atoms with Gasteiger partial charge in [0.2, 0.25) is 11.7 Å². The summed E-state index contributed by atoms with van der Waals surface area (Å²) in [5.41, 5.74) is 0.630. The molecule has 5 nitrogen and oxygen atoms in total. The van der Waals surface area contributed by atoms with E-state index in [0.29, 0.717) is 17.4 Å². The van der Waals surface area contributed by atoms with Gasteiger partial charge in [0.1, 0.15) is 5.69 Å². The van der Waals surface area contributed by atoms with Crippen molar-refractivity contribution in [3.8, 4) is 11.5 Å². The third-order valence-electron chi connectivity index (χ3n) is 3.26. The average Bonchev–Trinajstić information content (AvgIpc) is 2.97.